The van der Waals surface area contributed by atoms with E-state index in [0.717, 1.165) is 29.8 Å². The highest BCUT2D eigenvalue weighted by Crippen LogP contribution is 2.20. The van der Waals surface area contributed by atoms with Gasteiger partial charge in [0.25, 0.3) is 0 Å². The zero-order valence-corrected chi connectivity index (χ0v) is 13.0. The van der Waals surface area contributed by atoms with Crippen LogP contribution in [-0.4, -0.2) is 9.55 Å². The number of hydrogen-bond donors (Lipinski definition) is 0. The summed E-state index contributed by atoms with van der Waals surface area (Å²) in [5, 5.41) is 9.07. The van der Waals surface area contributed by atoms with Crippen LogP contribution in [0.5, 0.6) is 0 Å². The van der Waals surface area contributed by atoms with E-state index in [1.54, 1.807) is 0 Å². The summed E-state index contributed by atoms with van der Waals surface area (Å²) in [5.41, 5.74) is 5.84. The third kappa shape index (κ3) is 2.73. The Morgan fingerprint density at radius 2 is 1.82 bits per heavy atom. The van der Waals surface area contributed by atoms with Crippen LogP contribution < -0.4 is 0 Å². The number of aryl methyl sites for hydroxylation is 2. The van der Waals surface area contributed by atoms with Gasteiger partial charge in [0.15, 0.2) is 0 Å². The molecule has 0 saturated carbocycles. The van der Waals surface area contributed by atoms with Gasteiger partial charge >= 0.3 is 0 Å². The molecule has 2 aromatic carbocycles. The first-order valence-electron chi connectivity index (χ1n) is 7.61. The van der Waals surface area contributed by atoms with Crippen LogP contribution in [0.25, 0.3) is 11.0 Å². The summed E-state index contributed by atoms with van der Waals surface area (Å²) < 4.78 is 2.16. The Morgan fingerprint density at radius 1 is 1.09 bits per heavy atom. The predicted octanol–water partition coefficient (Wildman–Crippen LogP) is 4.02. The predicted molar refractivity (Wildman–Crippen MR) is 88.7 cm³/mol. The van der Waals surface area contributed by atoms with Crippen LogP contribution in [0.15, 0.2) is 42.5 Å². The molecule has 0 spiro atoms. The van der Waals surface area contributed by atoms with Crippen molar-refractivity contribution in [2.45, 2.75) is 33.2 Å². The summed E-state index contributed by atoms with van der Waals surface area (Å²) in [6.45, 7) is 4.98. The highest BCUT2D eigenvalue weighted by atomic mass is 15.1. The minimum Gasteiger partial charge on any atom is -0.323 e. The van der Waals surface area contributed by atoms with Gasteiger partial charge in [-0.25, -0.2) is 4.98 Å². The smallest absolute Gasteiger partial charge is 0.124 e. The Balaban J connectivity index is 2.07. The van der Waals surface area contributed by atoms with E-state index >= 15 is 0 Å². The maximum absolute atomic E-state index is 9.07. The summed E-state index contributed by atoms with van der Waals surface area (Å²) >= 11 is 0. The first-order valence-corrected chi connectivity index (χ1v) is 7.61. The molecular formula is C19H19N3. The van der Waals surface area contributed by atoms with Gasteiger partial charge in [0, 0.05) is 6.54 Å². The molecule has 3 heteroatoms. The summed E-state index contributed by atoms with van der Waals surface area (Å²) in [5.74, 6) is 0.839. The minimum absolute atomic E-state index is 0.335. The molecule has 0 aliphatic heterocycles. The fraction of sp³-hybridized carbons (Fsp3) is 0.263. The Kier molecular flexibility index (Phi) is 3.93. The van der Waals surface area contributed by atoms with E-state index in [0.29, 0.717) is 6.42 Å². The lowest BCUT2D eigenvalue weighted by Gasteiger charge is -2.08. The van der Waals surface area contributed by atoms with Crippen LogP contribution in [0.4, 0.5) is 0 Å². The molecule has 110 valence electrons. The van der Waals surface area contributed by atoms with E-state index in [2.05, 4.69) is 71.9 Å². The van der Waals surface area contributed by atoms with Crippen LogP contribution in [0.1, 0.15) is 29.4 Å². The number of rotatable bonds is 4. The van der Waals surface area contributed by atoms with Gasteiger partial charge in [0.05, 0.1) is 23.5 Å². The van der Waals surface area contributed by atoms with E-state index < -0.39 is 0 Å². The lowest BCUT2D eigenvalue weighted by atomic mass is 10.1. The number of hydrogen-bond acceptors (Lipinski definition) is 2. The number of fused-ring (bicyclic) bond motifs is 1. The van der Waals surface area contributed by atoms with Gasteiger partial charge < -0.3 is 4.57 Å². The fourth-order valence-corrected chi connectivity index (χ4v) is 2.70. The van der Waals surface area contributed by atoms with Crippen LogP contribution in [0.2, 0.25) is 0 Å². The molecule has 3 rings (SSSR count). The Labute approximate surface area is 130 Å². The topological polar surface area (TPSA) is 41.6 Å². The molecule has 0 aliphatic rings. The highest BCUT2D eigenvalue weighted by Gasteiger charge is 2.11. The number of benzene rings is 2. The van der Waals surface area contributed by atoms with Crippen molar-refractivity contribution in [3.63, 3.8) is 0 Å². The van der Waals surface area contributed by atoms with E-state index in [1.165, 1.54) is 16.7 Å². The van der Waals surface area contributed by atoms with Crippen molar-refractivity contribution in [3.05, 3.63) is 65.0 Å². The second kappa shape index (κ2) is 6.03. The Bertz CT molecular complexity index is 835. The zero-order valence-electron chi connectivity index (χ0n) is 13.0. The van der Waals surface area contributed by atoms with Crippen molar-refractivity contribution < 1.29 is 0 Å². The monoisotopic (exact) mass is 289 g/mol. The van der Waals surface area contributed by atoms with Crippen molar-refractivity contribution in [3.8, 4) is 6.07 Å². The van der Waals surface area contributed by atoms with Crippen molar-refractivity contribution in [1.29, 1.82) is 5.26 Å². The molecule has 1 aromatic heterocycles. The number of nitrogens with zero attached hydrogens (tertiary/aromatic N) is 3. The molecular weight excluding hydrogens is 270 g/mol. The molecule has 1 heterocycles. The number of aromatic nitrogens is 2. The van der Waals surface area contributed by atoms with Crippen molar-refractivity contribution in [1.82, 2.24) is 9.55 Å². The molecule has 0 N–H and O–H groups in total. The minimum atomic E-state index is 0.335. The summed E-state index contributed by atoms with van der Waals surface area (Å²) in [6, 6.07) is 17.1. The van der Waals surface area contributed by atoms with Crippen LogP contribution in [0, 0.1) is 18.3 Å². The Morgan fingerprint density at radius 3 is 2.50 bits per heavy atom. The molecule has 22 heavy (non-hydrogen) atoms. The van der Waals surface area contributed by atoms with Gasteiger partial charge in [0.2, 0.25) is 0 Å². The molecule has 0 saturated heterocycles. The zero-order chi connectivity index (χ0) is 15.5. The van der Waals surface area contributed by atoms with E-state index in [4.69, 9.17) is 5.26 Å². The quantitative estimate of drug-likeness (QED) is 0.728. The Hall–Kier alpha value is -2.60. The molecule has 0 fully saturated rings. The molecule has 0 bridgehead atoms. The van der Waals surface area contributed by atoms with Gasteiger partial charge in [-0.15, -0.1) is 0 Å². The molecule has 0 unspecified atom stereocenters. The lowest BCUT2D eigenvalue weighted by Crippen LogP contribution is -2.04. The van der Waals surface area contributed by atoms with E-state index in [9.17, 15) is 0 Å². The fourth-order valence-electron chi connectivity index (χ4n) is 2.70. The number of imidazole rings is 1. The van der Waals surface area contributed by atoms with Gasteiger partial charge in [-0.2, -0.15) is 5.26 Å². The SMILES string of the molecule is CCc1ccc2c(c1)nc(CC#N)n2Cc1ccc(C)cc1. The maximum Gasteiger partial charge on any atom is 0.124 e. The highest BCUT2D eigenvalue weighted by molar-refractivity contribution is 5.77. The average Bonchev–Trinajstić information content (AvgIpc) is 2.86. The summed E-state index contributed by atoms with van der Waals surface area (Å²) in [4.78, 5) is 4.67. The third-order valence-electron chi connectivity index (χ3n) is 4.00. The van der Waals surface area contributed by atoms with Gasteiger partial charge in [0.1, 0.15) is 5.82 Å². The first-order chi connectivity index (χ1) is 10.7. The maximum atomic E-state index is 9.07. The van der Waals surface area contributed by atoms with Gasteiger partial charge in [-0.3, -0.25) is 0 Å². The largest absolute Gasteiger partial charge is 0.323 e. The van der Waals surface area contributed by atoms with E-state index in [-0.39, 0.29) is 0 Å². The molecule has 0 aliphatic carbocycles. The van der Waals surface area contributed by atoms with Gasteiger partial charge in [-0.1, -0.05) is 42.8 Å². The molecule has 0 atom stereocenters. The van der Waals surface area contributed by atoms with Crippen LogP contribution in [0.3, 0.4) is 0 Å². The van der Waals surface area contributed by atoms with Crippen LogP contribution in [-0.2, 0) is 19.4 Å². The van der Waals surface area contributed by atoms with Gasteiger partial charge in [-0.05, 0) is 36.6 Å². The normalized spacial score (nSPS) is 10.8. The van der Waals surface area contributed by atoms with Crippen LogP contribution >= 0.6 is 0 Å². The number of nitriles is 1. The second-order valence-corrected chi connectivity index (χ2v) is 5.61. The molecule has 0 amide bonds. The molecule has 3 nitrogen and oxygen atoms in total. The molecule has 0 radical (unpaired) electrons. The summed E-state index contributed by atoms with van der Waals surface area (Å²) in [7, 11) is 0. The van der Waals surface area contributed by atoms with Crippen molar-refractivity contribution in [2.24, 2.45) is 0 Å². The van der Waals surface area contributed by atoms with Crippen molar-refractivity contribution >= 4 is 11.0 Å². The average molecular weight is 289 g/mol. The van der Waals surface area contributed by atoms with Crippen molar-refractivity contribution in [2.75, 3.05) is 0 Å². The second-order valence-electron chi connectivity index (χ2n) is 5.61. The molecule has 3 aromatic rings. The van der Waals surface area contributed by atoms with E-state index in [1.807, 2.05) is 0 Å². The lowest BCUT2D eigenvalue weighted by molar-refractivity contribution is 0.769. The first kappa shape index (κ1) is 14.3. The standard InChI is InChI=1S/C19H19N3/c1-3-15-8-9-18-17(12-15)21-19(10-11-20)22(18)13-16-6-4-14(2)5-7-16/h4-9,12H,3,10,13H2,1-2H3. The summed E-state index contributed by atoms with van der Waals surface area (Å²) in [6.07, 6.45) is 1.33. The third-order valence-corrected chi connectivity index (χ3v) is 4.00.